The van der Waals surface area contributed by atoms with Gasteiger partial charge in [-0.15, -0.1) is 0 Å². The molecule has 2 bridgehead atoms. The molecular formula is C18H23N5O7. The predicted molar refractivity (Wildman–Crippen MR) is 101 cm³/mol. The molecule has 162 valence electrons. The lowest BCUT2D eigenvalue weighted by atomic mass is 10.0. The van der Waals surface area contributed by atoms with Gasteiger partial charge in [0.15, 0.2) is 0 Å². The van der Waals surface area contributed by atoms with Crippen LogP contribution in [0.5, 0.6) is 0 Å². The van der Waals surface area contributed by atoms with Crippen LogP contribution in [0.15, 0.2) is 30.3 Å². The minimum Gasteiger partial charge on any atom is -0.465 e. The normalized spacial score (nSPS) is 20.1. The second kappa shape index (κ2) is 9.89. The van der Waals surface area contributed by atoms with Crippen LogP contribution in [0.25, 0.3) is 0 Å². The van der Waals surface area contributed by atoms with Gasteiger partial charge in [-0.05, 0) is 18.4 Å². The van der Waals surface area contributed by atoms with Crippen LogP contribution in [0.4, 0.5) is 14.4 Å². The van der Waals surface area contributed by atoms with Gasteiger partial charge in [0.2, 0.25) is 0 Å². The Bertz CT molecular complexity index is 790. The number of piperidine rings is 1. The fourth-order valence-corrected chi connectivity index (χ4v) is 3.34. The van der Waals surface area contributed by atoms with Gasteiger partial charge in [-0.2, -0.15) is 5.06 Å². The van der Waals surface area contributed by atoms with Crippen molar-refractivity contribution in [2.45, 2.75) is 31.5 Å². The van der Waals surface area contributed by atoms with E-state index in [2.05, 4.69) is 10.8 Å². The van der Waals surface area contributed by atoms with Crippen LogP contribution in [0, 0.1) is 0 Å². The monoisotopic (exact) mass is 421 g/mol. The van der Waals surface area contributed by atoms with Gasteiger partial charge < -0.3 is 15.3 Å². The van der Waals surface area contributed by atoms with E-state index in [1.807, 2.05) is 30.3 Å². The SMILES string of the molecule is O=C(O)NC(=O)NCCONC(=O)[C@@H]1CC[C@@H]2CN1C(=O)N2OCc1ccccc1. The first-order valence-electron chi connectivity index (χ1n) is 9.42. The Morgan fingerprint density at radius 3 is 2.67 bits per heavy atom. The smallest absolute Gasteiger partial charge is 0.412 e. The molecule has 0 aliphatic carbocycles. The van der Waals surface area contributed by atoms with E-state index in [0.717, 1.165) is 5.56 Å². The molecule has 1 aromatic carbocycles. The Kier molecular flexibility index (Phi) is 7.03. The topological polar surface area (TPSA) is 150 Å². The highest BCUT2D eigenvalue weighted by molar-refractivity contribution is 5.89. The maximum absolute atomic E-state index is 12.7. The van der Waals surface area contributed by atoms with Gasteiger partial charge in [-0.25, -0.2) is 25.2 Å². The maximum atomic E-state index is 12.7. The van der Waals surface area contributed by atoms with Gasteiger partial charge in [-0.1, -0.05) is 30.3 Å². The number of hydrogen-bond acceptors (Lipinski definition) is 6. The van der Waals surface area contributed by atoms with E-state index in [0.29, 0.717) is 19.4 Å². The molecule has 6 amide bonds. The molecule has 3 rings (SSSR count). The van der Waals surface area contributed by atoms with Crippen LogP contribution in [-0.2, 0) is 21.1 Å². The first-order chi connectivity index (χ1) is 14.5. The van der Waals surface area contributed by atoms with Crippen molar-refractivity contribution >= 4 is 24.1 Å². The van der Waals surface area contributed by atoms with E-state index in [1.54, 1.807) is 5.32 Å². The first kappa shape index (κ1) is 21.3. The lowest BCUT2D eigenvalue weighted by Gasteiger charge is -2.28. The predicted octanol–water partition coefficient (Wildman–Crippen LogP) is 0.412. The molecule has 0 spiro atoms. The summed E-state index contributed by atoms with van der Waals surface area (Å²) in [6.45, 7) is 0.562. The van der Waals surface area contributed by atoms with Gasteiger partial charge in [-0.3, -0.25) is 14.5 Å². The molecule has 2 fully saturated rings. The van der Waals surface area contributed by atoms with Crippen LogP contribution >= 0.6 is 0 Å². The highest BCUT2D eigenvalue weighted by atomic mass is 16.7. The Labute approximate surface area is 172 Å². The van der Waals surface area contributed by atoms with Crippen molar-refractivity contribution < 1.29 is 34.0 Å². The van der Waals surface area contributed by atoms with Gasteiger partial charge in [0.25, 0.3) is 5.91 Å². The van der Waals surface area contributed by atoms with Crippen molar-refractivity contribution in [2.75, 3.05) is 19.7 Å². The van der Waals surface area contributed by atoms with Crippen molar-refractivity contribution in [1.29, 1.82) is 0 Å². The molecule has 0 radical (unpaired) electrons. The highest BCUT2D eigenvalue weighted by Crippen LogP contribution is 2.30. The fraction of sp³-hybridized carbons (Fsp3) is 0.444. The zero-order valence-electron chi connectivity index (χ0n) is 16.1. The number of nitrogens with one attached hydrogen (secondary N) is 3. The molecule has 0 unspecified atom stereocenters. The van der Waals surface area contributed by atoms with E-state index in [-0.39, 0.29) is 31.8 Å². The molecule has 2 aliphatic heterocycles. The summed E-state index contributed by atoms with van der Waals surface area (Å²) in [7, 11) is 0. The van der Waals surface area contributed by atoms with Crippen LogP contribution in [-0.4, -0.2) is 70.9 Å². The van der Waals surface area contributed by atoms with Crippen molar-refractivity contribution in [1.82, 2.24) is 26.1 Å². The molecule has 12 nitrogen and oxygen atoms in total. The molecule has 0 saturated carbocycles. The third-order valence-corrected chi connectivity index (χ3v) is 4.72. The number of rotatable bonds is 8. The van der Waals surface area contributed by atoms with Gasteiger partial charge in [0.05, 0.1) is 12.6 Å². The number of carbonyl (C=O) groups excluding carboxylic acids is 3. The minimum atomic E-state index is -1.48. The average molecular weight is 421 g/mol. The summed E-state index contributed by atoms with van der Waals surface area (Å²) in [5.74, 6) is -0.471. The quantitative estimate of drug-likeness (QED) is 0.351. The van der Waals surface area contributed by atoms with Gasteiger partial charge >= 0.3 is 18.2 Å². The summed E-state index contributed by atoms with van der Waals surface area (Å²) in [4.78, 5) is 58.6. The van der Waals surface area contributed by atoms with Crippen molar-refractivity contribution in [2.24, 2.45) is 0 Å². The Morgan fingerprint density at radius 2 is 1.93 bits per heavy atom. The molecule has 4 N–H and O–H groups in total. The van der Waals surface area contributed by atoms with E-state index in [1.165, 1.54) is 9.96 Å². The van der Waals surface area contributed by atoms with Crippen LogP contribution in [0.2, 0.25) is 0 Å². The lowest BCUT2D eigenvalue weighted by Crippen LogP contribution is -2.50. The number of amides is 6. The van der Waals surface area contributed by atoms with Gasteiger partial charge in [0, 0.05) is 13.1 Å². The number of carboxylic acid groups (broad SMARTS) is 1. The van der Waals surface area contributed by atoms with Crippen LogP contribution < -0.4 is 16.1 Å². The summed E-state index contributed by atoms with van der Waals surface area (Å²) in [6, 6.07) is 7.44. The Hall–Kier alpha value is -3.38. The van der Waals surface area contributed by atoms with Crippen LogP contribution in [0.3, 0.4) is 0 Å². The lowest BCUT2D eigenvalue weighted by molar-refractivity contribution is -0.141. The number of urea groups is 2. The molecule has 2 saturated heterocycles. The summed E-state index contributed by atoms with van der Waals surface area (Å²) in [5.41, 5.74) is 3.20. The molecule has 1 aromatic rings. The van der Waals surface area contributed by atoms with Crippen LogP contribution in [0.1, 0.15) is 18.4 Å². The Morgan fingerprint density at radius 1 is 1.17 bits per heavy atom. The molecule has 2 atom stereocenters. The second-order valence-corrected chi connectivity index (χ2v) is 6.77. The largest absolute Gasteiger partial charge is 0.465 e. The maximum Gasteiger partial charge on any atom is 0.412 e. The number of carbonyl (C=O) groups is 4. The molecule has 2 aliphatic rings. The first-order valence-corrected chi connectivity index (χ1v) is 9.42. The van der Waals surface area contributed by atoms with Crippen molar-refractivity contribution in [3.05, 3.63) is 35.9 Å². The number of fused-ring (bicyclic) bond motifs is 2. The number of nitrogens with zero attached hydrogens (tertiary/aromatic N) is 2. The summed E-state index contributed by atoms with van der Waals surface area (Å²) < 4.78 is 0. The number of hydroxylamine groups is 3. The molecule has 12 heteroatoms. The molecule has 30 heavy (non-hydrogen) atoms. The zero-order chi connectivity index (χ0) is 21.5. The third kappa shape index (κ3) is 5.36. The van der Waals surface area contributed by atoms with Gasteiger partial charge in [0.1, 0.15) is 12.6 Å². The van der Waals surface area contributed by atoms with Crippen molar-refractivity contribution in [3.8, 4) is 0 Å². The summed E-state index contributed by atoms with van der Waals surface area (Å²) >= 11 is 0. The number of hydrogen-bond donors (Lipinski definition) is 4. The molecule has 2 heterocycles. The standard InChI is InChI=1S/C18H23N5O7/c24-15(21-29-9-8-19-16(25)20-17(26)27)14-7-6-13-10-22(14)18(28)23(13)30-11-12-4-2-1-3-5-12/h1-5,13-14H,6-11H2,(H,21,24)(H,26,27)(H2,19,20,25)/t13-,14+/m1/s1. The van der Waals surface area contributed by atoms with Crippen molar-refractivity contribution in [3.63, 3.8) is 0 Å². The minimum absolute atomic E-state index is 0.0180. The zero-order valence-corrected chi connectivity index (χ0v) is 16.1. The average Bonchev–Trinajstić information content (AvgIpc) is 2.96. The Balaban J connectivity index is 1.41. The van der Waals surface area contributed by atoms with E-state index < -0.39 is 24.1 Å². The fourth-order valence-electron chi connectivity index (χ4n) is 3.34. The third-order valence-electron chi connectivity index (χ3n) is 4.72. The van der Waals surface area contributed by atoms with E-state index >= 15 is 0 Å². The van der Waals surface area contributed by atoms with E-state index in [9.17, 15) is 19.2 Å². The highest BCUT2D eigenvalue weighted by Gasteiger charge is 2.48. The number of benzene rings is 1. The van der Waals surface area contributed by atoms with E-state index in [4.69, 9.17) is 14.8 Å². The summed E-state index contributed by atoms with van der Waals surface area (Å²) in [5, 5.41) is 13.6. The molecule has 0 aromatic heterocycles. The molecular weight excluding hydrogens is 398 g/mol. The second-order valence-electron chi connectivity index (χ2n) is 6.77. The summed E-state index contributed by atoms with van der Waals surface area (Å²) in [6.07, 6.45) is -0.392. The number of imide groups is 1.